The zero-order valence-corrected chi connectivity index (χ0v) is 17.1. The third kappa shape index (κ3) is 4.84. The van der Waals surface area contributed by atoms with Gasteiger partial charge in [0, 0.05) is 32.0 Å². The number of aryl methyl sites for hydroxylation is 3. The molecule has 7 heteroatoms. The Hall–Kier alpha value is -3.22. The SMILES string of the molecule is Cn1ccc(CN(c2ncnc(CCc3ccc(CC(N)=O)cc3)c2F)C2CC2)c1. The van der Waals surface area contributed by atoms with E-state index in [4.69, 9.17) is 5.73 Å². The highest BCUT2D eigenvalue weighted by molar-refractivity contribution is 5.76. The number of hydrogen-bond acceptors (Lipinski definition) is 4. The van der Waals surface area contributed by atoms with Gasteiger partial charge in [0.25, 0.3) is 0 Å². The van der Waals surface area contributed by atoms with Crippen molar-refractivity contribution in [2.24, 2.45) is 12.8 Å². The van der Waals surface area contributed by atoms with Gasteiger partial charge < -0.3 is 15.2 Å². The van der Waals surface area contributed by atoms with E-state index in [1.165, 1.54) is 6.33 Å². The van der Waals surface area contributed by atoms with E-state index in [9.17, 15) is 4.79 Å². The molecule has 156 valence electrons. The first kappa shape index (κ1) is 20.1. The lowest BCUT2D eigenvalue weighted by Gasteiger charge is -2.24. The van der Waals surface area contributed by atoms with Crippen molar-refractivity contribution in [3.8, 4) is 0 Å². The largest absolute Gasteiger partial charge is 0.369 e. The number of carbonyl (C=O) groups excluding carboxylic acids is 1. The first-order valence-electron chi connectivity index (χ1n) is 10.2. The number of primary amides is 1. The van der Waals surface area contributed by atoms with Gasteiger partial charge >= 0.3 is 0 Å². The normalized spacial score (nSPS) is 13.4. The van der Waals surface area contributed by atoms with Gasteiger partial charge in [-0.15, -0.1) is 0 Å². The third-order valence-corrected chi connectivity index (χ3v) is 5.40. The summed E-state index contributed by atoms with van der Waals surface area (Å²) in [7, 11) is 1.98. The molecular weight excluding hydrogens is 381 g/mol. The van der Waals surface area contributed by atoms with Gasteiger partial charge in [0.05, 0.1) is 12.1 Å². The van der Waals surface area contributed by atoms with Crippen LogP contribution in [0.2, 0.25) is 0 Å². The zero-order chi connectivity index (χ0) is 21.1. The molecule has 0 unspecified atom stereocenters. The van der Waals surface area contributed by atoms with Crippen LogP contribution in [-0.4, -0.2) is 26.5 Å². The molecule has 1 aromatic carbocycles. The number of halogens is 1. The molecule has 0 atom stereocenters. The summed E-state index contributed by atoms with van der Waals surface area (Å²) in [6.07, 6.45) is 9.00. The summed E-state index contributed by atoms with van der Waals surface area (Å²) >= 11 is 0. The molecule has 6 nitrogen and oxygen atoms in total. The van der Waals surface area contributed by atoms with Gasteiger partial charge in [-0.25, -0.2) is 14.4 Å². The Labute approximate surface area is 175 Å². The summed E-state index contributed by atoms with van der Waals surface area (Å²) in [5.41, 5.74) is 8.74. The minimum Gasteiger partial charge on any atom is -0.369 e. The fourth-order valence-corrected chi connectivity index (χ4v) is 3.67. The fourth-order valence-electron chi connectivity index (χ4n) is 3.67. The number of anilines is 1. The summed E-state index contributed by atoms with van der Waals surface area (Å²) in [6, 6.07) is 10.1. The average Bonchev–Trinajstić information content (AvgIpc) is 3.48. The Morgan fingerprint density at radius 1 is 1.13 bits per heavy atom. The number of rotatable bonds is 9. The molecule has 1 amide bonds. The number of nitrogens with zero attached hydrogens (tertiary/aromatic N) is 4. The summed E-state index contributed by atoms with van der Waals surface area (Å²) in [5, 5.41) is 0. The van der Waals surface area contributed by atoms with Crippen LogP contribution in [-0.2, 0) is 37.6 Å². The first-order valence-corrected chi connectivity index (χ1v) is 10.2. The van der Waals surface area contributed by atoms with Gasteiger partial charge in [0.2, 0.25) is 5.91 Å². The quantitative estimate of drug-likeness (QED) is 0.592. The molecule has 0 radical (unpaired) electrons. The lowest BCUT2D eigenvalue weighted by molar-refractivity contribution is -0.117. The predicted molar refractivity (Wildman–Crippen MR) is 113 cm³/mol. The van der Waals surface area contributed by atoms with Crippen molar-refractivity contribution in [3.63, 3.8) is 0 Å². The van der Waals surface area contributed by atoms with Crippen LogP contribution in [0.4, 0.5) is 10.2 Å². The molecule has 3 aromatic rings. The lowest BCUT2D eigenvalue weighted by atomic mass is 10.0. The number of nitrogens with two attached hydrogens (primary N) is 1. The highest BCUT2D eigenvalue weighted by Gasteiger charge is 2.32. The predicted octanol–water partition coefficient (Wildman–Crippen LogP) is 2.94. The molecule has 0 spiro atoms. The van der Waals surface area contributed by atoms with E-state index >= 15 is 4.39 Å². The standard InChI is InChI=1S/C23H26FN5O/c1-28-11-10-18(13-28)14-29(19-7-8-19)23-22(24)20(26-15-27-23)9-6-16-2-4-17(5-3-16)12-21(25)30/h2-5,10-11,13,15,19H,6-9,12,14H2,1H3,(H2,25,30). The maximum absolute atomic E-state index is 15.3. The molecule has 2 N–H and O–H groups in total. The van der Waals surface area contributed by atoms with Crippen LogP contribution in [0.3, 0.4) is 0 Å². The molecule has 30 heavy (non-hydrogen) atoms. The minimum atomic E-state index is -0.353. The molecule has 1 fully saturated rings. The van der Waals surface area contributed by atoms with Gasteiger partial charge in [-0.1, -0.05) is 24.3 Å². The van der Waals surface area contributed by atoms with Gasteiger partial charge in [0.15, 0.2) is 11.6 Å². The van der Waals surface area contributed by atoms with E-state index in [0.29, 0.717) is 36.9 Å². The molecule has 1 aliphatic carbocycles. The Morgan fingerprint density at radius 2 is 1.87 bits per heavy atom. The Bertz CT molecular complexity index is 1030. The molecule has 0 bridgehead atoms. The molecule has 4 rings (SSSR count). The summed E-state index contributed by atoms with van der Waals surface area (Å²) in [5.74, 6) is -0.289. The fraction of sp³-hybridized carbons (Fsp3) is 0.348. The van der Waals surface area contributed by atoms with Crippen LogP contribution in [0.5, 0.6) is 0 Å². The minimum absolute atomic E-state index is 0.225. The number of hydrogen-bond donors (Lipinski definition) is 1. The number of aromatic nitrogens is 3. The van der Waals surface area contributed by atoms with E-state index < -0.39 is 0 Å². The molecular formula is C23H26FN5O. The van der Waals surface area contributed by atoms with Crippen LogP contribution < -0.4 is 10.6 Å². The van der Waals surface area contributed by atoms with Gasteiger partial charge in [-0.05, 0) is 48.4 Å². The second-order valence-electron chi connectivity index (χ2n) is 7.96. The van der Waals surface area contributed by atoms with Crippen molar-refractivity contribution in [1.29, 1.82) is 0 Å². The Morgan fingerprint density at radius 3 is 2.50 bits per heavy atom. The molecule has 0 saturated heterocycles. The van der Waals surface area contributed by atoms with Crippen molar-refractivity contribution in [3.05, 3.63) is 77.3 Å². The van der Waals surface area contributed by atoms with Gasteiger partial charge in [-0.3, -0.25) is 4.79 Å². The van der Waals surface area contributed by atoms with Crippen molar-refractivity contribution < 1.29 is 9.18 Å². The summed E-state index contributed by atoms with van der Waals surface area (Å²) in [6.45, 7) is 0.639. The highest BCUT2D eigenvalue weighted by Crippen LogP contribution is 2.34. The average molecular weight is 407 g/mol. The Kier molecular flexibility index (Phi) is 5.79. The maximum atomic E-state index is 15.3. The Balaban J connectivity index is 1.47. The first-order chi connectivity index (χ1) is 14.5. The number of carbonyl (C=O) groups is 1. The molecule has 0 aliphatic heterocycles. The topological polar surface area (TPSA) is 77.0 Å². The lowest BCUT2D eigenvalue weighted by Crippen LogP contribution is -2.27. The highest BCUT2D eigenvalue weighted by atomic mass is 19.1. The van der Waals surface area contributed by atoms with Crippen molar-refractivity contribution in [2.75, 3.05) is 4.90 Å². The second-order valence-corrected chi connectivity index (χ2v) is 7.96. The van der Waals surface area contributed by atoms with Crippen LogP contribution >= 0.6 is 0 Å². The van der Waals surface area contributed by atoms with Crippen LogP contribution in [0.1, 0.15) is 35.2 Å². The summed E-state index contributed by atoms with van der Waals surface area (Å²) < 4.78 is 17.3. The van der Waals surface area contributed by atoms with Gasteiger partial charge in [0.1, 0.15) is 6.33 Å². The molecule has 1 aliphatic rings. The number of amides is 1. The van der Waals surface area contributed by atoms with E-state index in [-0.39, 0.29) is 18.1 Å². The molecule has 1 saturated carbocycles. The van der Waals surface area contributed by atoms with Crippen molar-refractivity contribution in [2.45, 2.75) is 44.7 Å². The van der Waals surface area contributed by atoms with E-state index in [0.717, 1.165) is 29.5 Å². The van der Waals surface area contributed by atoms with Gasteiger partial charge in [-0.2, -0.15) is 0 Å². The van der Waals surface area contributed by atoms with E-state index in [1.807, 2.05) is 42.1 Å². The third-order valence-electron chi connectivity index (χ3n) is 5.40. The molecule has 2 aromatic heterocycles. The van der Waals surface area contributed by atoms with E-state index in [1.54, 1.807) is 0 Å². The van der Waals surface area contributed by atoms with E-state index in [2.05, 4.69) is 27.1 Å². The smallest absolute Gasteiger partial charge is 0.221 e. The summed E-state index contributed by atoms with van der Waals surface area (Å²) in [4.78, 5) is 21.6. The van der Waals surface area contributed by atoms with Crippen LogP contribution in [0.15, 0.2) is 49.1 Å². The van der Waals surface area contributed by atoms with Crippen LogP contribution in [0, 0.1) is 5.82 Å². The van der Waals surface area contributed by atoms with Crippen molar-refractivity contribution in [1.82, 2.24) is 14.5 Å². The zero-order valence-electron chi connectivity index (χ0n) is 17.1. The molecule has 2 heterocycles. The maximum Gasteiger partial charge on any atom is 0.221 e. The second kappa shape index (κ2) is 8.65. The van der Waals surface area contributed by atoms with Crippen LogP contribution in [0.25, 0.3) is 0 Å². The van der Waals surface area contributed by atoms with Crippen molar-refractivity contribution >= 4 is 11.7 Å². The monoisotopic (exact) mass is 407 g/mol. The number of benzene rings is 1.